The third kappa shape index (κ3) is 4.33. The Bertz CT molecular complexity index is 1180. The van der Waals surface area contributed by atoms with Gasteiger partial charge in [0.05, 0.1) is 30.1 Å². The van der Waals surface area contributed by atoms with Gasteiger partial charge in [-0.2, -0.15) is 13.9 Å². The number of likely N-dealkylation sites (tertiary alicyclic amines) is 1. The Morgan fingerprint density at radius 1 is 1.24 bits per heavy atom. The number of amides is 2. The zero-order valence-electron chi connectivity index (χ0n) is 18.3. The molecule has 0 saturated carbocycles. The van der Waals surface area contributed by atoms with E-state index in [0.717, 1.165) is 16.9 Å². The van der Waals surface area contributed by atoms with Crippen molar-refractivity contribution >= 4 is 23.0 Å². The fourth-order valence-corrected chi connectivity index (χ4v) is 4.29. The van der Waals surface area contributed by atoms with Gasteiger partial charge in [0.15, 0.2) is 0 Å². The van der Waals surface area contributed by atoms with Crippen molar-refractivity contribution in [1.29, 1.82) is 0 Å². The molecule has 1 aromatic carbocycles. The van der Waals surface area contributed by atoms with Gasteiger partial charge >= 0.3 is 6.43 Å². The second-order valence-corrected chi connectivity index (χ2v) is 8.05. The van der Waals surface area contributed by atoms with Crippen LogP contribution >= 0.6 is 0 Å². The normalized spacial score (nSPS) is 18.2. The van der Waals surface area contributed by atoms with Crippen LogP contribution in [-0.2, 0) is 4.79 Å². The van der Waals surface area contributed by atoms with Crippen LogP contribution in [0.1, 0.15) is 23.7 Å². The number of rotatable bonds is 7. The lowest BCUT2D eigenvalue weighted by atomic mass is 10.00. The minimum Gasteiger partial charge on any atom is -0.497 e. The van der Waals surface area contributed by atoms with Gasteiger partial charge in [-0.05, 0) is 36.1 Å². The Hall–Kier alpha value is -3.69. The number of aromatic nitrogens is 2. The van der Waals surface area contributed by atoms with Crippen LogP contribution in [0.15, 0.2) is 42.7 Å². The summed E-state index contributed by atoms with van der Waals surface area (Å²) in [7, 11) is 1.59. The average Bonchev–Trinajstić information content (AvgIpc) is 3.43. The fraction of sp³-hybridized carbons (Fsp3) is 0.348. The van der Waals surface area contributed by atoms with E-state index >= 15 is 0 Å². The number of carbonyl (C=O) groups excluding carboxylic acids is 2. The summed E-state index contributed by atoms with van der Waals surface area (Å²) in [5.74, 6) is -1.17. The molecule has 33 heavy (non-hydrogen) atoms. The number of nitrogens with two attached hydrogens (primary N) is 1. The van der Waals surface area contributed by atoms with Crippen LogP contribution in [-0.4, -0.2) is 59.0 Å². The summed E-state index contributed by atoms with van der Waals surface area (Å²) >= 11 is 0. The molecule has 1 saturated heterocycles. The zero-order chi connectivity index (χ0) is 23.7. The number of nitrogens with one attached hydrogen (secondary N) is 1. The summed E-state index contributed by atoms with van der Waals surface area (Å²) in [6.07, 6.45) is 0.836. The minimum atomic E-state index is -3.05. The summed E-state index contributed by atoms with van der Waals surface area (Å²) in [6.45, 7) is 2.27. The predicted molar refractivity (Wildman–Crippen MR) is 119 cm³/mol. The maximum atomic E-state index is 13.0. The first-order valence-corrected chi connectivity index (χ1v) is 10.6. The molecule has 10 heteroatoms. The van der Waals surface area contributed by atoms with Crippen LogP contribution in [0.3, 0.4) is 0 Å². The van der Waals surface area contributed by atoms with Gasteiger partial charge < -0.3 is 20.7 Å². The quantitative estimate of drug-likeness (QED) is 0.568. The summed E-state index contributed by atoms with van der Waals surface area (Å²) < 4.78 is 32.8. The molecule has 3 N–H and O–H groups in total. The highest BCUT2D eigenvalue weighted by atomic mass is 19.3. The number of primary amides is 1. The van der Waals surface area contributed by atoms with Crippen molar-refractivity contribution in [2.24, 2.45) is 11.7 Å². The van der Waals surface area contributed by atoms with Crippen molar-refractivity contribution in [2.45, 2.75) is 25.8 Å². The molecule has 0 radical (unpaired) electrons. The number of ether oxygens (including phenoxy) is 1. The van der Waals surface area contributed by atoms with E-state index in [1.807, 2.05) is 43.5 Å². The topological polar surface area (TPSA) is 102 Å². The van der Waals surface area contributed by atoms with Gasteiger partial charge in [-0.25, -0.2) is 4.52 Å². The molecule has 1 aliphatic heterocycles. The highest BCUT2D eigenvalue weighted by Gasteiger charge is 2.37. The third-order valence-electron chi connectivity index (χ3n) is 6.12. The molecule has 4 rings (SSSR count). The van der Waals surface area contributed by atoms with Gasteiger partial charge in [0, 0.05) is 30.9 Å². The Kier molecular flexibility index (Phi) is 6.17. The van der Waals surface area contributed by atoms with Crippen molar-refractivity contribution < 1.29 is 23.1 Å². The Balaban J connectivity index is 1.72. The molecular formula is C23H25F2N5O3. The molecule has 174 valence electrons. The summed E-state index contributed by atoms with van der Waals surface area (Å²) in [5.41, 5.74) is 8.67. The van der Waals surface area contributed by atoms with Crippen molar-refractivity contribution in [2.75, 3.05) is 25.5 Å². The molecule has 2 amide bonds. The van der Waals surface area contributed by atoms with Crippen LogP contribution < -0.4 is 15.8 Å². The van der Waals surface area contributed by atoms with Crippen molar-refractivity contribution in [3.8, 4) is 16.9 Å². The number of benzene rings is 1. The molecule has 0 spiro atoms. The van der Waals surface area contributed by atoms with Gasteiger partial charge in [-0.1, -0.05) is 19.1 Å². The van der Waals surface area contributed by atoms with Crippen LogP contribution in [0.2, 0.25) is 0 Å². The third-order valence-corrected chi connectivity index (χ3v) is 6.12. The lowest BCUT2D eigenvalue weighted by molar-refractivity contribution is -0.141. The molecule has 1 aliphatic rings. The van der Waals surface area contributed by atoms with E-state index in [4.69, 9.17) is 10.5 Å². The number of hydrogen-bond acceptors (Lipinski definition) is 5. The second kappa shape index (κ2) is 9.05. The van der Waals surface area contributed by atoms with Crippen LogP contribution in [0, 0.1) is 5.92 Å². The first-order chi connectivity index (χ1) is 15.8. The Morgan fingerprint density at radius 2 is 1.97 bits per heavy atom. The first-order valence-electron chi connectivity index (χ1n) is 10.6. The van der Waals surface area contributed by atoms with Gasteiger partial charge in [0.2, 0.25) is 0 Å². The second-order valence-electron chi connectivity index (χ2n) is 8.05. The van der Waals surface area contributed by atoms with Gasteiger partial charge in [0.25, 0.3) is 11.8 Å². The monoisotopic (exact) mass is 457 g/mol. The number of anilines is 1. The first kappa shape index (κ1) is 22.5. The Morgan fingerprint density at radius 3 is 2.58 bits per heavy atom. The molecule has 0 aliphatic carbocycles. The van der Waals surface area contributed by atoms with E-state index in [1.165, 1.54) is 11.1 Å². The maximum absolute atomic E-state index is 13.0. The molecule has 0 bridgehead atoms. The minimum absolute atomic E-state index is 0.0577. The van der Waals surface area contributed by atoms with Crippen molar-refractivity contribution in [3.05, 3.63) is 48.3 Å². The molecule has 8 nitrogen and oxygen atoms in total. The van der Waals surface area contributed by atoms with Crippen molar-refractivity contribution in [1.82, 2.24) is 14.5 Å². The lowest BCUT2D eigenvalue weighted by Crippen LogP contribution is -2.35. The van der Waals surface area contributed by atoms with Crippen LogP contribution in [0.4, 0.5) is 14.5 Å². The number of carbonyl (C=O) groups is 2. The summed E-state index contributed by atoms with van der Waals surface area (Å²) in [5, 5.41) is 7.63. The number of alkyl halides is 2. The Labute approximate surface area is 189 Å². The average molecular weight is 457 g/mol. The maximum Gasteiger partial charge on any atom is 0.315 e. The molecule has 3 heterocycles. The van der Waals surface area contributed by atoms with E-state index in [-0.39, 0.29) is 30.6 Å². The smallest absolute Gasteiger partial charge is 0.315 e. The number of hydrogen-bond donors (Lipinski definition) is 2. The van der Waals surface area contributed by atoms with E-state index in [1.54, 1.807) is 11.6 Å². The molecule has 0 unspecified atom stereocenters. The van der Waals surface area contributed by atoms with Crippen LogP contribution in [0.25, 0.3) is 16.6 Å². The van der Waals surface area contributed by atoms with Gasteiger partial charge in [-0.15, -0.1) is 0 Å². The zero-order valence-corrected chi connectivity index (χ0v) is 18.3. The van der Waals surface area contributed by atoms with Gasteiger partial charge in [-0.3, -0.25) is 9.59 Å². The number of nitrogens with zero attached hydrogens (tertiary/aromatic N) is 3. The molecule has 3 aromatic rings. The molecule has 1 fully saturated rings. The standard InChI is InChI=1S/C23H25F2N5O3/c1-3-13-10-29(23(32)21(24)25)12-18(13)28-20-17(22(26)31)9-27-30-11-15(8-19(20)30)14-4-6-16(33-2)7-5-14/h4-9,11,13,18,21,28H,3,10,12H2,1-2H3,(H2,26,31)/t13-,18+/m0/s1. The lowest BCUT2D eigenvalue weighted by Gasteiger charge is -2.21. The van der Waals surface area contributed by atoms with E-state index in [0.29, 0.717) is 17.6 Å². The van der Waals surface area contributed by atoms with E-state index in [9.17, 15) is 18.4 Å². The van der Waals surface area contributed by atoms with Crippen molar-refractivity contribution in [3.63, 3.8) is 0 Å². The molecule has 2 aromatic heterocycles. The number of halogens is 2. The SMILES string of the molecule is CC[C@H]1CN(C(=O)C(F)F)C[C@H]1Nc1c(C(N)=O)cnn2cc(-c3ccc(OC)cc3)cc12. The summed E-state index contributed by atoms with van der Waals surface area (Å²) in [4.78, 5) is 25.2. The molecular weight excluding hydrogens is 432 g/mol. The van der Waals surface area contributed by atoms with Gasteiger partial charge in [0.1, 0.15) is 5.75 Å². The summed E-state index contributed by atoms with van der Waals surface area (Å²) in [6, 6.07) is 9.07. The predicted octanol–water partition coefficient (Wildman–Crippen LogP) is 3.02. The fourth-order valence-electron chi connectivity index (χ4n) is 4.29. The van der Waals surface area contributed by atoms with Crippen LogP contribution in [0.5, 0.6) is 5.75 Å². The number of fused-ring (bicyclic) bond motifs is 1. The molecule has 2 atom stereocenters. The number of methoxy groups -OCH3 is 1. The largest absolute Gasteiger partial charge is 0.497 e. The van der Waals surface area contributed by atoms with E-state index < -0.39 is 18.2 Å². The highest BCUT2D eigenvalue weighted by Crippen LogP contribution is 2.32. The van der Waals surface area contributed by atoms with E-state index in [2.05, 4.69) is 10.4 Å². The highest BCUT2D eigenvalue weighted by molar-refractivity contribution is 6.02.